The Bertz CT molecular complexity index is 831. The Morgan fingerprint density at radius 1 is 1.29 bits per heavy atom. The van der Waals surface area contributed by atoms with Crippen LogP contribution in [0.5, 0.6) is 0 Å². The summed E-state index contributed by atoms with van der Waals surface area (Å²) in [5.74, 6) is -0.0385. The van der Waals surface area contributed by atoms with Crippen molar-refractivity contribution in [3.63, 3.8) is 0 Å². The van der Waals surface area contributed by atoms with Crippen molar-refractivity contribution in [1.82, 2.24) is 15.6 Å². The van der Waals surface area contributed by atoms with Gasteiger partial charge in [0, 0.05) is 12.5 Å². The minimum atomic E-state index is -3.63. The summed E-state index contributed by atoms with van der Waals surface area (Å²) in [5.41, 5.74) is 0.593. The third-order valence-corrected chi connectivity index (χ3v) is 6.38. The first-order chi connectivity index (χ1) is 11.5. The lowest BCUT2D eigenvalue weighted by atomic mass is 9.86. The molecule has 0 radical (unpaired) electrons. The van der Waals surface area contributed by atoms with Gasteiger partial charge in [0.25, 0.3) is 0 Å². The highest BCUT2D eigenvalue weighted by Crippen LogP contribution is 2.24. The molecule has 130 valence electrons. The van der Waals surface area contributed by atoms with Gasteiger partial charge in [-0.25, -0.2) is 13.0 Å². The van der Waals surface area contributed by atoms with Crippen molar-refractivity contribution in [1.29, 1.82) is 0 Å². The number of nitrogens with zero attached hydrogens (tertiary/aromatic N) is 2. The third kappa shape index (κ3) is 3.58. The second-order valence-corrected chi connectivity index (χ2v) is 8.47. The van der Waals surface area contributed by atoms with Crippen molar-refractivity contribution in [3.05, 3.63) is 18.2 Å². The number of sulfone groups is 1. The Kier molecular flexibility index (Phi) is 4.84. The summed E-state index contributed by atoms with van der Waals surface area (Å²) in [6.45, 7) is 2.12. The van der Waals surface area contributed by atoms with Gasteiger partial charge in [-0.05, 0) is 41.2 Å². The van der Waals surface area contributed by atoms with Gasteiger partial charge in [-0.1, -0.05) is 25.8 Å². The molecular weight excluding hydrogens is 330 g/mol. The van der Waals surface area contributed by atoms with E-state index in [1.807, 2.05) is 0 Å². The van der Waals surface area contributed by atoms with E-state index in [9.17, 15) is 13.2 Å². The zero-order valence-corrected chi connectivity index (χ0v) is 14.4. The average Bonchev–Trinajstić information content (AvgIpc) is 3.03. The van der Waals surface area contributed by atoms with Crippen molar-refractivity contribution in [2.75, 3.05) is 5.75 Å². The van der Waals surface area contributed by atoms with E-state index in [2.05, 4.69) is 27.2 Å². The fraction of sp³-hybridized carbons (Fsp3) is 0.562. The lowest BCUT2D eigenvalue weighted by molar-refractivity contribution is -0.122. The maximum Gasteiger partial charge on any atom is 0.221 e. The van der Waals surface area contributed by atoms with Crippen LogP contribution >= 0.6 is 0 Å². The molecule has 1 aliphatic carbocycles. The van der Waals surface area contributed by atoms with E-state index in [0.717, 1.165) is 19.3 Å². The van der Waals surface area contributed by atoms with E-state index in [4.69, 9.17) is 0 Å². The Hall–Kier alpha value is -1.96. The fourth-order valence-electron chi connectivity index (χ4n) is 3.18. The van der Waals surface area contributed by atoms with Crippen molar-refractivity contribution in [2.45, 2.75) is 50.0 Å². The molecule has 1 saturated carbocycles. The quantitative estimate of drug-likeness (QED) is 0.885. The Labute approximate surface area is 140 Å². The topological polar surface area (TPSA) is 102 Å². The van der Waals surface area contributed by atoms with E-state index >= 15 is 0 Å². The summed E-state index contributed by atoms with van der Waals surface area (Å²) in [4.78, 5) is 12.2. The number of carbonyl (C=O) groups is 1. The second kappa shape index (κ2) is 6.88. The molecule has 7 nitrogen and oxygen atoms in total. The third-order valence-electron chi connectivity index (χ3n) is 4.64. The number of rotatable bonds is 5. The highest BCUT2D eigenvalue weighted by atomic mass is 32.2. The van der Waals surface area contributed by atoms with Crippen LogP contribution in [-0.2, 0) is 14.6 Å². The zero-order chi connectivity index (χ0) is 17.2. The number of carbonyl (C=O) groups excluding carboxylic acids is 1. The number of amides is 1. The molecule has 1 aromatic carbocycles. The lowest BCUT2D eigenvalue weighted by Crippen LogP contribution is -2.41. The van der Waals surface area contributed by atoms with Crippen molar-refractivity contribution >= 4 is 26.8 Å². The van der Waals surface area contributed by atoms with Crippen molar-refractivity contribution < 1.29 is 17.8 Å². The van der Waals surface area contributed by atoms with Crippen LogP contribution in [0.2, 0.25) is 0 Å². The highest BCUT2D eigenvalue weighted by Gasteiger charge is 2.25. The summed E-state index contributed by atoms with van der Waals surface area (Å²) in [7, 11) is -3.63. The lowest BCUT2D eigenvalue weighted by Gasteiger charge is -2.29. The maximum atomic E-state index is 12.5. The predicted molar refractivity (Wildman–Crippen MR) is 88.0 cm³/mol. The molecule has 1 heterocycles. The minimum absolute atomic E-state index is 0.0556. The van der Waals surface area contributed by atoms with Crippen LogP contribution in [0.1, 0.15) is 39.0 Å². The molecule has 1 aliphatic rings. The summed E-state index contributed by atoms with van der Waals surface area (Å²) < 4.78 is 29.6. The van der Waals surface area contributed by atoms with Crippen LogP contribution in [0, 0.1) is 5.92 Å². The normalized spacial score (nSPS) is 21.7. The van der Waals surface area contributed by atoms with Gasteiger partial charge < -0.3 is 5.32 Å². The first kappa shape index (κ1) is 16.9. The van der Waals surface area contributed by atoms with Crippen molar-refractivity contribution in [3.8, 4) is 0 Å². The molecule has 24 heavy (non-hydrogen) atoms. The van der Waals surface area contributed by atoms with E-state index < -0.39 is 9.84 Å². The number of nitrogens with one attached hydrogen (secondary N) is 1. The van der Waals surface area contributed by atoms with Crippen LogP contribution in [0.15, 0.2) is 27.7 Å². The molecule has 8 heteroatoms. The molecular formula is C16H21N3O4S. The molecule has 2 atom stereocenters. The van der Waals surface area contributed by atoms with Gasteiger partial charge in [0.1, 0.15) is 5.52 Å². The first-order valence-electron chi connectivity index (χ1n) is 8.21. The van der Waals surface area contributed by atoms with Gasteiger partial charge in [-0.2, -0.15) is 0 Å². The molecule has 0 unspecified atom stereocenters. The number of hydrogen-bond acceptors (Lipinski definition) is 6. The summed E-state index contributed by atoms with van der Waals surface area (Å²) in [6, 6.07) is 4.82. The molecule has 0 saturated heterocycles. The molecule has 1 N–H and O–H groups in total. The van der Waals surface area contributed by atoms with Gasteiger partial charge in [0.05, 0.1) is 10.6 Å². The smallest absolute Gasteiger partial charge is 0.221 e. The molecule has 1 amide bonds. The van der Waals surface area contributed by atoms with Gasteiger partial charge in [-0.3, -0.25) is 4.79 Å². The summed E-state index contributed by atoms with van der Waals surface area (Å²) >= 11 is 0. The monoisotopic (exact) mass is 351 g/mol. The van der Waals surface area contributed by atoms with Crippen LogP contribution in [0.3, 0.4) is 0 Å². The molecule has 3 rings (SSSR count). The number of fused-ring (bicyclic) bond motifs is 1. The molecule has 0 bridgehead atoms. The molecule has 2 aromatic rings. The second-order valence-electron chi connectivity index (χ2n) is 6.39. The largest absolute Gasteiger partial charge is 0.353 e. The predicted octanol–water partition coefficient (Wildman–Crippen LogP) is 2.08. The Morgan fingerprint density at radius 2 is 2.08 bits per heavy atom. The summed E-state index contributed by atoms with van der Waals surface area (Å²) in [5, 5.41) is 10.3. The maximum absolute atomic E-state index is 12.5. The Morgan fingerprint density at radius 3 is 2.88 bits per heavy atom. The molecule has 0 spiro atoms. The van der Waals surface area contributed by atoms with Gasteiger partial charge in [0.15, 0.2) is 15.4 Å². The molecule has 1 fully saturated rings. The van der Waals surface area contributed by atoms with Gasteiger partial charge in [0.2, 0.25) is 5.91 Å². The SMILES string of the molecule is C[C@@H]1CCCC[C@H]1NC(=O)CCS(=O)(=O)c1cccc2nonc12. The van der Waals surface area contributed by atoms with E-state index in [1.54, 1.807) is 12.1 Å². The van der Waals surface area contributed by atoms with Gasteiger partial charge >= 0.3 is 0 Å². The number of aromatic nitrogens is 2. The van der Waals surface area contributed by atoms with E-state index in [-0.39, 0.29) is 34.5 Å². The minimum Gasteiger partial charge on any atom is -0.353 e. The molecule has 0 aliphatic heterocycles. The standard InChI is InChI=1S/C16H21N3O4S/c1-11-5-2-3-6-12(11)17-15(20)9-10-24(21,22)14-8-4-7-13-16(14)19-23-18-13/h4,7-8,11-12H,2-3,5-6,9-10H2,1H3,(H,17,20)/t11-,12-/m1/s1. The van der Waals surface area contributed by atoms with E-state index in [1.165, 1.54) is 12.5 Å². The molecule has 1 aromatic heterocycles. The number of benzene rings is 1. The van der Waals surface area contributed by atoms with Crippen LogP contribution in [-0.4, -0.2) is 36.4 Å². The highest BCUT2D eigenvalue weighted by molar-refractivity contribution is 7.91. The summed E-state index contributed by atoms with van der Waals surface area (Å²) in [6.07, 6.45) is 4.30. The van der Waals surface area contributed by atoms with Gasteiger partial charge in [-0.15, -0.1) is 0 Å². The average molecular weight is 351 g/mol. The zero-order valence-electron chi connectivity index (χ0n) is 13.6. The van der Waals surface area contributed by atoms with Crippen LogP contribution in [0.25, 0.3) is 11.0 Å². The van der Waals surface area contributed by atoms with Crippen molar-refractivity contribution in [2.24, 2.45) is 5.92 Å². The fourth-order valence-corrected chi connectivity index (χ4v) is 4.58. The number of hydrogen-bond donors (Lipinski definition) is 1. The van der Waals surface area contributed by atoms with E-state index in [0.29, 0.717) is 11.4 Å². The Balaban J connectivity index is 1.65. The van der Waals surface area contributed by atoms with Crippen LogP contribution < -0.4 is 5.32 Å². The van der Waals surface area contributed by atoms with Crippen LogP contribution in [0.4, 0.5) is 0 Å². The first-order valence-corrected chi connectivity index (χ1v) is 9.86.